The van der Waals surface area contributed by atoms with E-state index in [0.717, 1.165) is 6.20 Å². The van der Waals surface area contributed by atoms with Gasteiger partial charge in [0.2, 0.25) is 0 Å². The maximum atomic E-state index is 11.7. The fraction of sp³-hybridized carbons (Fsp3) is 0.500. The highest BCUT2D eigenvalue weighted by molar-refractivity contribution is 5.88. The van der Waals surface area contributed by atoms with E-state index in [0.29, 0.717) is 0 Å². The van der Waals surface area contributed by atoms with E-state index in [1.54, 1.807) is 0 Å². The number of hydrogen-bond donors (Lipinski definition) is 2. The van der Waals surface area contributed by atoms with E-state index in [2.05, 4.69) is 9.94 Å². The first kappa shape index (κ1) is 13.5. The van der Waals surface area contributed by atoms with Crippen LogP contribution < -0.4 is 5.48 Å². The summed E-state index contributed by atoms with van der Waals surface area (Å²) < 4.78 is 36.4. The van der Waals surface area contributed by atoms with Crippen LogP contribution in [0.2, 0.25) is 0 Å². The van der Waals surface area contributed by atoms with E-state index in [-0.39, 0.29) is 17.8 Å². The molecule has 1 heterocycles. The summed E-state index contributed by atoms with van der Waals surface area (Å²) in [5, 5.41) is 12.4. The van der Waals surface area contributed by atoms with Gasteiger partial charge in [-0.3, -0.25) is 9.52 Å². The van der Waals surface area contributed by atoms with Crippen molar-refractivity contribution in [1.82, 2.24) is 15.3 Å². The first-order valence-corrected chi connectivity index (χ1v) is 4.47. The van der Waals surface area contributed by atoms with Crippen LogP contribution in [0.3, 0.4) is 0 Å². The number of hydroxylamine groups is 1. The Kier molecular flexibility index (Phi) is 4.07. The number of rotatable bonds is 5. The first-order valence-electron chi connectivity index (χ1n) is 4.47. The average molecular weight is 253 g/mol. The zero-order valence-corrected chi connectivity index (χ0v) is 8.78. The molecule has 2 N–H and O–H groups in total. The molecule has 0 saturated carbocycles. The lowest BCUT2D eigenvalue weighted by atomic mass is 10.2. The Labute approximate surface area is 93.9 Å². The Morgan fingerprint density at radius 1 is 1.65 bits per heavy atom. The molecule has 0 atom stereocenters. The Bertz CT molecular complexity index is 402. The predicted molar refractivity (Wildman–Crippen MR) is 49.0 cm³/mol. The van der Waals surface area contributed by atoms with Crippen molar-refractivity contribution in [2.45, 2.75) is 12.7 Å². The molecule has 1 aromatic heterocycles. The van der Waals surface area contributed by atoms with Crippen molar-refractivity contribution in [3.63, 3.8) is 0 Å². The molecule has 0 amide bonds. The fourth-order valence-corrected chi connectivity index (χ4v) is 1.10. The van der Waals surface area contributed by atoms with Crippen LogP contribution in [0.15, 0.2) is 6.20 Å². The van der Waals surface area contributed by atoms with Gasteiger partial charge in [0.1, 0.15) is 5.56 Å². The Morgan fingerprint density at radius 3 is 2.82 bits per heavy atom. The van der Waals surface area contributed by atoms with Crippen molar-refractivity contribution in [2.24, 2.45) is 7.05 Å². The molecule has 1 rings (SSSR count). The summed E-state index contributed by atoms with van der Waals surface area (Å²) in [5.41, 5.74) is 2.17. The van der Waals surface area contributed by atoms with Gasteiger partial charge < -0.3 is 5.11 Å². The molecule has 0 unspecified atom stereocenters. The van der Waals surface area contributed by atoms with Gasteiger partial charge in [-0.25, -0.2) is 4.79 Å². The molecule has 6 nitrogen and oxygen atoms in total. The van der Waals surface area contributed by atoms with Crippen molar-refractivity contribution in [2.75, 3.05) is 6.61 Å². The number of carbonyl (C=O) groups is 1. The second-order valence-corrected chi connectivity index (χ2v) is 3.16. The summed E-state index contributed by atoms with van der Waals surface area (Å²) in [7, 11) is 1.48. The standard InChI is InChI=1S/C8H10F3N3O3/c1-14-6(5(2-12-14)7(15)16)3-13-17-4-8(9,10)11/h2,13H,3-4H2,1H3,(H,15,16). The van der Waals surface area contributed by atoms with E-state index >= 15 is 0 Å². The molecular formula is C8H10F3N3O3. The summed E-state index contributed by atoms with van der Waals surface area (Å²) in [6.45, 7) is -1.64. The third-order valence-corrected chi connectivity index (χ3v) is 1.87. The van der Waals surface area contributed by atoms with Crippen molar-refractivity contribution in [3.05, 3.63) is 17.5 Å². The molecule has 0 aliphatic rings. The minimum Gasteiger partial charge on any atom is -0.478 e. The van der Waals surface area contributed by atoms with Crippen LogP contribution in [0.5, 0.6) is 0 Å². The van der Waals surface area contributed by atoms with Crippen LogP contribution in [0.4, 0.5) is 13.2 Å². The number of nitrogens with zero attached hydrogens (tertiary/aromatic N) is 2. The van der Waals surface area contributed by atoms with Crippen molar-refractivity contribution in [1.29, 1.82) is 0 Å². The Hall–Kier alpha value is -1.61. The van der Waals surface area contributed by atoms with Gasteiger partial charge >= 0.3 is 12.1 Å². The van der Waals surface area contributed by atoms with Gasteiger partial charge in [0.25, 0.3) is 0 Å². The summed E-state index contributed by atoms with van der Waals surface area (Å²) in [6.07, 6.45) is -3.32. The van der Waals surface area contributed by atoms with Crippen molar-refractivity contribution in [3.8, 4) is 0 Å². The minimum atomic E-state index is -4.44. The fourth-order valence-electron chi connectivity index (χ4n) is 1.10. The number of aromatic carboxylic acids is 1. The number of carboxylic acids is 1. The number of nitrogens with one attached hydrogen (secondary N) is 1. The van der Waals surface area contributed by atoms with Gasteiger partial charge in [-0.05, 0) is 0 Å². The molecule has 0 aliphatic heterocycles. The maximum absolute atomic E-state index is 11.7. The van der Waals surface area contributed by atoms with Gasteiger partial charge in [-0.2, -0.15) is 23.8 Å². The Balaban J connectivity index is 2.52. The van der Waals surface area contributed by atoms with Gasteiger partial charge in [0, 0.05) is 7.05 Å². The quantitative estimate of drug-likeness (QED) is 0.596. The normalized spacial score (nSPS) is 11.8. The predicted octanol–water partition coefficient (Wildman–Crippen LogP) is 0.702. The van der Waals surface area contributed by atoms with E-state index in [9.17, 15) is 18.0 Å². The minimum absolute atomic E-state index is 0.0874. The van der Waals surface area contributed by atoms with Gasteiger partial charge in [-0.1, -0.05) is 0 Å². The molecule has 1 aromatic rings. The van der Waals surface area contributed by atoms with E-state index in [1.165, 1.54) is 11.7 Å². The average Bonchev–Trinajstić information content (AvgIpc) is 2.53. The molecule has 0 fully saturated rings. The molecule has 0 spiro atoms. The molecular weight excluding hydrogens is 243 g/mol. The first-order chi connectivity index (χ1) is 7.81. The Morgan fingerprint density at radius 2 is 2.29 bits per heavy atom. The number of halogens is 3. The lowest BCUT2D eigenvalue weighted by molar-refractivity contribution is -0.190. The number of hydrogen-bond acceptors (Lipinski definition) is 4. The largest absolute Gasteiger partial charge is 0.478 e. The topological polar surface area (TPSA) is 76.4 Å². The van der Waals surface area contributed by atoms with E-state index in [4.69, 9.17) is 5.11 Å². The van der Waals surface area contributed by atoms with Crippen LogP contribution in [-0.2, 0) is 18.4 Å². The summed E-state index contributed by atoms with van der Waals surface area (Å²) in [6, 6.07) is 0. The van der Waals surface area contributed by atoms with Crippen LogP contribution in [0.1, 0.15) is 16.1 Å². The van der Waals surface area contributed by atoms with Crippen LogP contribution in [0.25, 0.3) is 0 Å². The van der Waals surface area contributed by atoms with Gasteiger partial charge in [-0.15, -0.1) is 0 Å². The molecule has 96 valence electrons. The lowest BCUT2D eigenvalue weighted by Crippen LogP contribution is -2.25. The molecule has 9 heteroatoms. The SMILES string of the molecule is Cn1ncc(C(=O)O)c1CNOCC(F)(F)F. The summed E-state index contributed by atoms with van der Waals surface area (Å²) >= 11 is 0. The number of aromatic nitrogens is 2. The number of aryl methyl sites for hydroxylation is 1. The van der Waals surface area contributed by atoms with Crippen molar-refractivity contribution >= 4 is 5.97 Å². The molecule has 0 radical (unpaired) electrons. The van der Waals surface area contributed by atoms with Crippen LogP contribution >= 0.6 is 0 Å². The third-order valence-electron chi connectivity index (χ3n) is 1.87. The molecule has 0 aromatic carbocycles. The van der Waals surface area contributed by atoms with Gasteiger partial charge in [0.15, 0.2) is 6.61 Å². The number of carboxylic acid groups (broad SMARTS) is 1. The highest BCUT2D eigenvalue weighted by atomic mass is 19.4. The smallest absolute Gasteiger partial charge is 0.413 e. The second-order valence-electron chi connectivity index (χ2n) is 3.16. The molecule has 0 bridgehead atoms. The van der Waals surface area contributed by atoms with Crippen molar-refractivity contribution < 1.29 is 27.9 Å². The molecule has 0 aliphatic carbocycles. The zero-order valence-electron chi connectivity index (χ0n) is 8.78. The van der Waals surface area contributed by atoms with Crippen LogP contribution in [-0.4, -0.2) is 33.6 Å². The third kappa shape index (κ3) is 4.04. The monoisotopic (exact) mass is 253 g/mol. The molecule has 0 saturated heterocycles. The van der Waals surface area contributed by atoms with E-state index in [1.807, 2.05) is 5.48 Å². The highest BCUT2D eigenvalue weighted by Crippen LogP contribution is 2.14. The zero-order chi connectivity index (χ0) is 13.1. The maximum Gasteiger partial charge on any atom is 0.413 e. The number of alkyl halides is 3. The second kappa shape index (κ2) is 5.15. The summed E-state index contributed by atoms with van der Waals surface area (Å²) in [5.74, 6) is -1.20. The van der Waals surface area contributed by atoms with Crippen LogP contribution in [0, 0.1) is 0 Å². The molecule has 17 heavy (non-hydrogen) atoms. The lowest BCUT2D eigenvalue weighted by Gasteiger charge is -2.09. The summed E-state index contributed by atoms with van der Waals surface area (Å²) in [4.78, 5) is 14.9. The van der Waals surface area contributed by atoms with Gasteiger partial charge in [0.05, 0.1) is 18.4 Å². The highest BCUT2D eigenvalue weighted by Gasteiger charge is 2.27. The van der Waals surface area contributed by atoms with E-state index < -0.39 is 18.8 Å².